The molecule has 6 N–H and O–H groups in total. The number of primary amides is 1. The molecule has 0 spiro atoms. The Morgan fingerprint density at radius 2 is 2.00 bits per heavy atom. The zero-order valence-electron chi connectivity index (χ0n) is 7.84. The maximum Gasteiger partial charge on any atom is 0.276 e. The minimum absolute atomic E-state index is 0. The van der Waals surface area contributed by atoms with E-state index in [1.807, 2.05) is 0 Å². The number of hydrogen-bond donors (Lipinski definition) is 5. The second-order valence-corrected chi connectivity index (χ2v) is 2.92. The Morgan fingerprint density at radius 3 is 2.33 bits per heavy atom. The number of rotatable bonds is 2. The molecule has 0 aliphatic carbocycles. The van der Waals surface area contributed by atoms with E-state index in [2.05, 4.69) is 36.3 Å². The normalized spacial score (nSPS) is 7.87. The van der Waals surface area contributed by atoms with E-state index < -0.39 is 5.24 Å². The van der Waals surface area contributed by atoms with Crippen molar-refractivity contribution in [3.63, 3.8) is 0 Å². The predicted molar refractivity (Wildman–Crippen MR) is 63.5 cm³/mol. The van der Waals surface area contributed by atoms with Crippen molar-refractivity contribution in [3.8, 4) is 0 Å². The molecule has 0 aromatic carbocycles. The molecule has 8 heteroatoms. The highest BCUT2D eigenvalue weighted by molar-refractivity contribution is 7.96. The van der Waals surface area contributed by atoms with Crippen LogP contribution in [0.3, 0.4) is 0 Å². The SMILES string of the molecule is N.NC(=O)S.O=C(S)NCc1ccco1. The summed E-state index contributed by atoms with van der Waals surface area (Å²) in [5.41, 5.74) is 4.34. The van der Waals surface area contributed by atoms with Crippen LogP contribution >= 0.6 is 25.3 Å². The van der Waals surface area contributed by atoms with Gasteiger partial charge in [0, 0.05) is 0 Å². The molecular formula is C7H13N3O3S2. The molecule has 0 aliphatic rings. The molecule has 1 aromatic rings. The van der Waals surface area contributed by atoms with E-state index in [9.17, 15) is 4.79 Å². The van der Waals surface area contributed by atoms with Gasteiger partial charge < -0.3 is 21.6 Å². The topological polar surface area (TPSA) is 120 Å². The summed E-state index contributed by atoms with van der Waals surface area (Å²) in [5, 5.41) is 1.49. The van der Waals surface area contributed by atoms with E-state index in [0.29, 0.717) is 6.54 Å². The molecule has 0 saturated carbocycles. The molecule has 1 rings (SSSR count). The summed E-state index contributed by atoms with van der Waals surface area (Å²) in [6, 6.07) is 3.55. The Balaban J connectivity index is 0. The lowest BCUT2D eigenvalue weighted by atomic mass is 10.4. The molecule has 0 atom stereocenters. The fourth-order valence-corrected chi connectivity index (χ4v) is 0.655. The van der Waals surface area contributed by atoms with Crippen molar-refractivity contribution in [1.82, 2.24) is 11.5 Å². The molecule has 15 heavy (non-hydrogen) atoms. The average molecular weight is 251 g/mol. The Morgan fingerprint density at radius 1 is 1.47 bits per heavy atom. The highest BCUT2D eigenvalue weighted by Gasteiger charge is 1.95. The first-order chi connectivity index (χ1) is 6.52. The summed E-state index contributed by atoms with van der Waals surface area (Å²) >= 11 is 6.62. The van der Waals surface area contributed by atoms with Crippen molar-refractivity contribution in [2.75, 3.05) is 0 Å². The number of nitrogens with two attached hydrogens (primary N) is 1. The lowest BCUT2D eigenvalue weighted by molar-refractivity contribution is 0.260. The van der Waals surface area contributed by atoms with E-state index in [1.165, 1.54) is 0 Å². The summed E-state index contributed by atoms with van der Waals surface area (Å²) in [6.07, 6.45) is 1.56. The molecule has 6 nitrogen and oxygen atoms in total. The second-order valence-electron chi connectivity index (χ2n) is 2.08. The number of carbonyl (C=O) groups is 2. The van der Waals surface area contributed by atoms with Gasteiger partial charge in [-0.15, -0.1) is 0 Å². The predicted octanol–water partition coefficient (Wildman–Crippen LogP) is 1.58. The lowest BCUT2D eigenvalue weighted by Crippen LogP contribution is -2.14. The maximum absolute atomic E-state index is 10.3. The Bertz CT molecular complexity index is 286. The third kappa shape index (κ3) is 12.9. The highest BCUT2D eigenvalue weighted by Crippen LogP contribution is 1.98. The van der Waals surface area contributed by atoms with Gasteiger partial charge in [0.1, 0.15) is 5.76 Å². The minimum Gasteiger partial charge on any atom is -0.467 e. The number of carbonyl (C=O) groups excluding carboxylic acids is 2. The molecule has 1 aromatic heterocycles. The van der Waals surface area contributed by atoms with Gasteiger partial charge in [-0.25, -0.2) is 0 Å². The van der Waals surface area contributed by atoms with Crippen molar-refractivity contribution in [2.45, 2.75) is 6.54 Å². The Kier molecular flexibility index (Phi) is 10.3. The van der Waals surface area contributed by atoms with Gasteiger partial charge in [0.2, 0.25) is 0 Å². The highest BCUT2D eigenvalue weighted by atomic mass is 32.1. The standard InChI is InChI=1S/C6H7NO2S.CH3NOS.H3N/c8-6(10)7-4-5-2-1-3-9-5;2-1(3)4;/h1-3H,4H2,(H2,7,8,10);(H3,2,3,4);1H3. The van der Waals surface area contributed by atoms with Crippen LogP contribution < -0.4 is 17.2 Å². The average Bonchev–Trinajstić information content (AvgIpc) is 2.51. The van der Waals surface area contributed by atoms with Crippen LogP contribution in [0.15, 0.2) is 22.8 Å². The zero-order chi connectivity index (χ0) is 11.0. The first-order valence-electron chi connectivity index (χ1n) is 3.50. The molecule has 0 saturated heterocycles. The summed E-state index contributed by atoms with van der Waals surface area (Å²) in [4.78, 5) is 19.3. The lowest BCUT2D eigenvalue weighted by Gasteiger charge is -1.94. The molecule has 0 radical (unpaired) electrons. The van der Waals surface area contributed by atoms with Crippen LogP contribution in [-0.4, -0.2) is 10.5 Å². The van der Waals surface area contributed by atoms with Crippen molar-refractivity contribution in [1.29, 1.82) is 0 Å². The van der Waals surface area contributed by atoms with Crippen LogP contribution in [0.2, 0.25) is 0 Å². The quantitative estimate of drug-likeness (QED) is 0.512. The van der Waals surface area contributed by atoms with Crippen LogP contribution in [-0.2, 0) is 6.54 Å². The van der Waals surface area contributed by atoms with E-state index in [-0.39, 0.29) is 11.4 Å². The summed E-state index contributed by atoms with van der Waals surface area (Å²) in [6.45, 7) is 0.398. The van der Waals surface area contributed by atoms with Gasteiger partial charge in [0.25, 0.3) is 10.5 Å². The van der Waals surface area contributed by atoms with Crippen molar-refractivity contribution in [3.05, 3.63) is 24.2 Å². The van der Waals surface area contributed by atoms with Crippen LogP contribution in [0.25, 0.3) is 0 Å². The number of nitrogens with one attached hydrogen (secondary N) is 1. The number of furan rings is 1. The van der Waals surface area contributed by atoms with Crippen LogP contribution in [0.1, 0.15) is 5.76 Å². The van der Waals surface area contributed by atoms with Gasteiger partial charge in [-0.3, -0.25) is 9.59 Å². The Hall–Kier alpha value is -1.12. The van der Waals surface area contributed by atoms with E-state index in [0.717, 1.165) is 5.76 Å². The fraction of sp³-hybridized carbons (Fsp3) is 0.143. The van der Waals surface area contributed by atoms with Crippen molar-refractivity contribution >= 4 is 35.7 Å². The van der Waals surface area contributed by atoms with Gasteiger partial charge in [-0.1, -0.05) is 25.3 Å². The molecular weight excluding hydrogens is 238 g/mol. The molecule has 1 heterocycles. The number of amides is 2. The minimum atomic E-state index is -0.639. The molecule has 0 unspecified atom stereocenters. The van der Waals surface area contributed by atoms with E-state index in [1.54, 1.807) is 18.4 Å². The summed E-state index contributed by atoms with van der Waals surface area (Å²) in [5.74, 6) is 0.724. The summed E-state index contributed by atoms with van der Waals surface area (Å²) in [7, 11) is 0. The van der Waals surface area contributed by atoms with Gasteiger partial charge in [0.15, 0.2) is 0 Å². The van der Waals surface area contributed by atoms with Crippen LogP contribution in [0, 0.1) is 0 Å². The number of hydrogen-bond acceptors (Lipinski definition) is 4. The smallest absolute Gasteiger partial charge is 0.276 e. The van der Waals surface area contributed by atoms with Gasteiger partial charge >= 0.3 is 0 Å². The van der Waals surface area contributed by atoms with Gasteiger partial charge in [-0.05, 0) is 12.1 Å². The summed E-state index contributed by atoms with van der Waals surface area (Å²) < 4.78 is 4.94. The van der Waals surface area contributed by atoms with E-state index >= 15 is 0 Å². The first kappa shape index (κ1) is 16.3. The monoisotopic (exact) mass is 251 g/mol. The Labute approximate surface area is 98.0 Å². The van der Waals surface area contributed by atoms with Gasteiger partial charge in [-0.2, -0.15) is 0 Å². The zero-order valence-corrected chi connectivity index (χ0v) is 9.63. The third-order valence-corrected chi connectivity index (χ3v) is 1.15. The molecule has 0 aliphatic heterocycles. The maximum atomic E-state index is 10.3. The van der Waals surface area contributed by atoms with Gasteiger partial charge in [0.05, 0.1) is 12.8 Å². The third-order valence-electron chi connectivity index (χ3n) is 0.994. The second kappa shape index (κ2) is 9.44. The largest absolute Gasteiger partial charge is 0.467 e. The molecule has 0 bridgehead atoms. The fourth-order valence-electron chi connectivity index (χ4n) is 0.576. The molecule has 2 amide bonds. The van der Waals surface area contributed by atoms with Crippen molar-refractivity contribution in [2.24, 2.45) is 5.73 Å². The van der Waals surface area contributed by atoms with E-state index in [4.69, 9.17) is 9.21 Å². The first-order valence-corrected chi connectivity index (χ1v) is 4.39. The van der Waals surface area contributed by atoms with Crippen LogP contribution in [0.4, 0.5) is 9.59 Å². The molecule has 0 fully saturated rings. The van der Waals surface area contributed by atoms with Crippen molar-refractivity contribution < 1.29 is 14.0 Å². The molecule has 86 valence electrons. The van der Waals surface area contributed by atoms with Crippen LogP contribution in [0.5, 0.6) is 0 Å². The number of thiol groups is 2.